The van der Waals surface area contributed by atoms with Crippen LogP contribution in [-0.2, 0) is 18.1 Å². The maximum absolute atomic E-state index is 11.3. The van der Waals surface area contributed by atoms with Crippen LogP contribution in [0.15, 0.2) is 12.7 Å². The van der Waals surface area contributed by atoms with Crippen LogP contribution >= 0.6 is 7.82 Å². The maximum Gasteiger partial charge on any atom is 0.475 e. The Kier molecular flexibility index (Phi) is 5.69. The minimum Gasteiger partial charge on any atom is -0.290 e. The third kappa shape index (κ3) is 4.32. The number of phosphoric ester groups is 1. The van der Waals surface area contributed by atoms with Gasteiger partial charge in [-0.25, -0.2) is 4.57 Å². The summed E-state index contributed by atoms with van der Waals surface area (Å²) >= 11 is 0. The zero-order valence-electron chi connectivity index (χ0n) is 6.86. The second-order valence-electron chi connectivity index (χ2n) is 1.69. The highest BCUT2D eigenvalue weighted by atomic mass is 31.2. The molecular weight excluding hydrogens is 179 g/mol. The number of hydrogen-bond acceptors (Lipinski definition) is 4. The number of hydrogen-bond donors (Lipinski definition) is 0. The van der Waals surface area contributed by atoms with Crippen molar-refractivity contribution in [3.63, 3.8) is 0 Å². The Morgan fingerprint density at radius 2 is 2.33 bits per heavy atom. The van der Waals surface area contributed by atoms with E-state index < -0.39 is 7.82 Å². The molecule has 0 rings (SSSR count). The molecule has 0 aliphatic rings. The second-order valence-corrected chi connectivity index (χ2v) is 3.47. The molecule has 0 spiro atoms. The molecule has 0 amide bonds. The predicted molar refractivity (Wildman–Crippen MR) is 45.5 cm³/mol. The summed E-state index contributed by atoms with van der Waals surface area (Å²) in [4.78, 5) is 0. The summed E-state index contributed by atoms with van der Waals surface area (Å²) in [5, 5.41) is 0. The van der Waals surface area contributed by atoms with E-state index in [1.165, 1.54) is 13.2 Å². The van der Waals surface area contributed by atoms with Crippen molar-refractivity contribution in [2.24, 2.45) is 0 Å². The van der Waals surface area contributed by atoms with Gasteiger partial charge in [0.25, 0.3) is 0 Å². The zero-order chi connectivity index (χ0) is 9.45. The number of phosphoric acid groups is 1. The Morgan fingerprint density at radius 1 is 1.67 bits per heavy atom. The van der Waals surface area contributed by atoms with Gasteiger partial charge in [0.1, 0.15) is 6.61 Å². The summed E-state index contributed by atoms with van der Waals surface area (Å²) in [5.41, 5.74) is 0. The van der Waals surface area contributed by atoms with Crippen molar-refractivity contribution in [2.45, 2.75) is 0 Å². The van der Waals surface area contributed by atoms with Crippen molar-refractivity contribution >= 4 is 7.82 Å². The fourth-order valence-corrected chi connectivity index (χ4v) is 1.21. The van der Waals surface area contributed by atoms with E-state index in [1.54, 1.807) is 0 Å². The first-order valence-electron chi connectivity index (χ1n) is 3.17. The molecule has 0 saturated heterocycles. The Balaban J connectivity index is 3.97. The molecule has 0 heterocycles. The first-order chi connectivity index (χ1) is 5.68. The van der Waals surface area contributed by atoms with Crippen molar-refractivity contribution in [3.8, 4) is 12.3 Å². The molecule has 12 heavy (non-hydrogen) atoms. The van der Waals surface area contributed by atoms with Crippen LogP contribution in [0.3, 0.4) is 0 Å². The molecular formula is C7H11O4P. The number of terminal acetylenes is 1. The quantitative estimate of drug-likeness (QED) is 0.362. The van der Waals surface area contributed by atoms with Crippen molar-refractivity contribution in [3.05, 3.63) is 12.7 Å². The fourth-order valence-electron chi connectivity index (χ4n) is 0.403. The van der Waals surface area contributed by atoms with E-state index in [9.17, 15) is 4.57 Å². The summed E-state index contributed by atoms with van der Waals surface area (Å²) < 4.78 is 25.2. The van der Waals surface area contributed by atoms with E-state index in [2.05, 4.69) is 21.5 Å². The summed E-state index contributed by atoms with van der Waals surface area (Å²) in [7, 11) is -2.22. The molecule has 1 atom stereocenters. The standard InChI is InChI=1S/C7H11O4P/c1-4-6-10-12(8,9-3)11-7-5-2/h1,5H,2,6-7H2,3H3. The highest BCUT2D eigenvalue weighted by molar-refractivity contribution is 7.48. The maximum atomic E-state index is 11.3. The molecule has 4 nitrogen and oxygen atoms in total. The van der Waals surface area contributed by atoms with Crippen LogP contribution in [0.2, 0.25) is 0 Å². The average molecular weight is 190 g/mol. The molecule has 0 bridgehead atoms. The molecule has 0 aliphatic heterocycles. The van der Waals surface area contributed by atoms with Crippen molar-refractivity contribution in [1.82, 2.24) is 0 Å². The lowest BCUT2D eigenvalue weighted by molar-refractivity contribution is 0.154. The van der Waals surface area contributed by atoms with E-state index in [4.69, 9.17) is 10.9 Å². The Labute approximate surface area is 72.1 Å². The second kappa shape index (κ2) is 5.99. The summed E-state index contributed by atoms with van der Waals surface area (Å²) in [6.07, 6.45) is 6.33. The monoisotopic (exact) mass is 190 g/mol. The van der Waals surface area contributed by atoms with Gasteiger partial charge >= 0.3 is 7.82 Å². The van der Waals surface area contributed by atoms with Gasteiger partial charge in [-0.3, -0.25) is 13.6 Å². The first-order valence-corrected chi connectivity index (χ1v) is 4.64. The first kappa shape index (κ1) is 11.4. The van der Waals surface area contributed by atoms with Crippen molar-refractivity contribution in [1.29, 1.82) is 0 Å². The zero-order valence-corrected chi connectivity index (χ0v) is 7.75. The van der Waals surface area contributed by atoms with Crippen LogP contribution < -0.4 is 0 Å². The molecule has 0 radical (unpaired) electrons. The molecule has 0 fully saturated rings. The molecule has 68 valence electrons. The Hall–Kier alpha value is -0.590. The molecule has 5 heteroatoms. The summed E-state index contributed by atoms with van der Waals surface area (Å²) in [6.45, 7) is 3.36. The fraction of sp³-hybridized carbons (Fsp3) is 0.429. The smallest absolute Gasteiger partial charge is 0.290 e. The number of rotatable bonds is 6. The van der Waals surface area contributed by atoms with E-state index in [0.717, 1.165) is 0 Å². The van der Waals surface area contributed by atoms with Gasteiger partial charge in [0.05, 0.1) is 6.61 Å². The van der Waals surface area contributed by atoms with Gasteiger partial charge in [0.2, 0.25) is 0 Å². The predicted octanol–water partition coefficient (Wildman–Crippen LogP) is 1.59. The SMILES string of the molecule is C#CCOP(=O)(OC)OCC=C. The molecule has 0 aliphatic carbocycles. The highest BCUT2D eigenvalue weighted by Gasteiger charge is 2.23. The van der Waals surface area contributed by atoms with Gasteiger partial charge in [-0.2, -0.15) is 0 Å². The normalized spacial score (nSPS) is 14.7. The van der Waals surface area contributed by atoms with Crippen LogP contribution in [0.5, 0.6) is 0 Å². The van der Waals surface area contributed by atoms with E-state index >= 15 is 0 Å². The third-order valence-electron chi connectivity index (χ3n) is 0.880. The largest absolute Gasteiger partial charge is 0.475 e. The lowest BCUT2D eigenvalue weighted by Crippen LogP contribution is -1.98. The molecule has 0 saturated carbocycles. The van der Waals surface area contributed by atoms with Crippen molar-refractivity contribution in [2.75, 3.05) is 20.3 Å². The Bertz CT molecular complexity index is 218. The van der Waals surface area contributed by atoms with Gasteiger partial charge in [-0.15, -0.1) is 13.0 Å². The molecule has 1 unspecified atom stereocenters. The minimum atomic E-state index is -3.45. The molecule has 0 N–H and O–H groups in total. The van der Waals surface area contributed by atoms with Gasteiger partial charge in [-0.1, -0.05) is 12.0 Å². The van der Waals surface area contributed by atoms with Gasteiger partial charge in [0.15, 0.2) is 0 Å². The van der Waals surface area contributed by atoms with Gasteiger partial charge < -0.3 is 0 Å². The summed E-state index contributed by atoms with van der Waals surface area (Å²) in [5.74, 6) is 2.15. The van der Waals surface area contributed by atoms with Crippen LogP contribution in [0, 0.1) is 12.3 Å². The van der Waals surface area contributed by atoms with Gasteiger partial charge in [0, 0.05) is 7.11 Å². The van der Waals surface area contributed by atoms with E-state index in [1.807, 2.05) is 0 Å². The third-order valence-corrected chi connectivity index (χ3v) is 2.24. The lowest BCUT2D eigenvalue weighted by Gasteiger charge is -2.12. The van der Waals surface area contributed by atoms with E-state index in [0.29, 0.717) is 0 Å². The Morgan fingerprint density at radius 3 is 2.75 bits per heavy atom. The van der Waals surface area contributed by atoms with Gasteiger partial charge in [-0.05, 0) is 0 Å². The molecule has 0 aromatic carbocycles. The average Bonchev–Trinajstić information content (AvgIpc) is 2.11. The van der Waals surface area contributed by atoms with E-state index in [-0.39, 0.29) is 13.2 Å². The topological polar surface area (TPSA) is 44.8 Å². The van der Waals surface area contributed by atoms with Crippen LogP contribution in [0.25, 0.3) is 0 Å². The van der Waals surface area contributed by atoms with Crippen LogP contribution in [0.1, 0.15) is 0 Å². The minimum absolute atomic E-state index is 0.0929. The summed E-state index contributed by atoms with van der Waals surface area (Å²) in [6, 6.07) is 0. The van der Waals surface area contributed by atoms with Crippen LogP contribution in [0.4, 0.5) is 0 Å². The van der Waals surface area contributed by atoms with Crippen molar-refractivity contribution < 1.29 is 18.1 Å². The molecule has 0 aromatic heterocycles. The molecule has 0 aromatic rings. The highest BCUT2D eigenvalue weighted by Crippen LogP contribution is 2.48. The lowest BCUT2D eigenvalue weighted by atomic mass is 10.7. The van der Waals surface area contributed by atoms with Crippen LogP contribution in [-0.4, -0.2) is 20.3 Å².